The van der Waals surface area contributed by atoms with Crippen molar-refractivity contribution in [1.82, 2.24) is 5.32 Å². The van der Waals surface area contributed by atoms with Crippen LogP contribution in [0.3, 0.4) is 0 Å². The van der Waals surface area contributed by atoms with E-state index in [0.29, 0.717) is 0 Å². The first-order valence-corrected chi connectivity index (χ1v) is 9.17. The van der Waals surface area contributed by atoms with Gasteiger partial charge in [-0.25, -0.2) is 4.79 Å². The Morgan fingerprint density at radius 1 is 1.03 bits per heavy atom. The quantitative estimate of drug-likeness (QED) is 0.269. The minimum atomic E-state index is -1.29. The summed E-state index contributed by atoms with van der Waals surface area (Å²) in [4.78, 5) is 62.1. The molecule has 0 radical (unpaired) electrons. The van der Waals surface area contributed by atoms with Gasteiger partial charge in [-0.1, -0.05) is 29.3 Å². The number of carbonyl (C=O) groups is 6. The van der Waals surface area contributed by atoms with Crippen LogP contribution in [0.1, 0.15) is 30.6 Å². The number of rotatable bonds is 7. The van der Waals surface area contributed by atoms with Crippen molar-refractivity contribution in [1.29, 1.82) is 0 Å². The van der Waals surface area contributed by atoms with Gasteiger partial charge in [0.05, 0.1) is 29.1 Å². The fraction of sp³-hybridized carbons (Fsp3) is 0.333. The van der Waals surface area contributed by atoms with E-state index in [9.17, 15) is 28.8 Å². The maximum atomic E-state index is 11.3. The summed E-state index contributed by atoms with van der Waals surface area (Å²) in [5.74, 6) is -4.82. The summed E-state index contributed by atoms with van der Waals surface area (Å²) in [6.07, 6.45) is -1.27. The second-order valence-corrected chi connectivity index (χ2v) is 6.53. The summed E-state index contributed by atoms with van der Waals surface area (Å²) in [7, 11) is 1.17. The van der Waals surface area contributed by atoms with Crippen LogP contribution in [-0.4, -0.2) is 70.1 Å². The molecule has 0 saturated heterocycles. The molecule has 0 spiro atoms. The number of hydrogen-bond acceptors (Lipinski definition) is 8. The molecule has 1 amide bonds. The second-order valence-electron chi connectivity index (χ2n) is 5.72. The number of nitrogens with two attached hydrogens (primary N) is 1. The molecular formula is C18H22Cl2N2O10. The third kappa shape index (κ3) is 13.2. The second kappa shape index (κ2) is 15.6. The van der Waals surface area contributed by atoms with Crippen molar-refractivity contribution in [2.45, 2.75) is 32.4 Å². The Hall–Kier alpha value is -3.22. The van der Waals surface area contributed by atoms with Crippen molar-refractivity contribution >= 4 is 58.8 Å². The standard InChI is InChI=1S/C9H6Cl2O2.C5H9NO4.C4H7NO4/c1-5(12)9(13)8-6(10)3-2-4-7(8)11;1-3(4(7)8)6-5(9)10-2;5-2(4(8)9)1-3(6)7/h2-4H,1H3;3H,1-2H3,(H,6,9)(H,7,8);2H,1,5H2,(H,6,7)(H,8,9)/t;3-;2-/m.00/s1. The highest BCUT2D eigenvalue weighted by Crippen LogP contribution is 2.24. The van der Waals surface area contributed by atoms with E-state index < -0.39 is 54.1 Å². The lowest BCUT2D eigenvalue weighted by Crippen LogP contribution is -2.38. The number of alkyl carbamates (subject to hydrolysis) is 1. The number of benzene rings is 1. The molecule has 0 aromatic heterocycles. The van der Waals surface area contributed by atoms with E-state index in [-0.39, 0.29) is 15.6 Å². The highest BCUT2D eigenvalue weighted by molar-refractivity contribution is 6.50. The Bertz CT molecular complexity index is 840. The summed E-state index contributed by atoms with van der Waals surface area (Å²) in [5.41, 5.74) is 4.92. The summed E-state index contributed by atoms with van der Waals surface area (Å²) in [6, 6.07) is 2.45. The molecule has 1 aromatic carbocycles. The zero-order chi connectivity index (χ0) is 25.6. The zero-order valence-electron chi connectivity index (χ0n) is 17.1. The smallest absolute Gasteiger partial charge is 0.407 e. The predicted molar refractivity (Wildman–Crippen MR) is 112 cm³/mol. The van der Waals surface area contributed by atoms with Crippen molar-refractivity contribution in [2.75, 3.05) is 7.11 Å². The largest absolute Gasteiger partial charge is 0.481 e. The van der Waals surface area contributed by atoms with E-state index in [1.807, 2.05) is 0 Å². The number of carbonyl (C=O) groups excluding carboxylic acids is 3. The molecule has 12 nitrogen and oxygen atoms in total. The van der Waals surface area contributed by atoms with Crippen molar-refractivity contribution in [2.24, 2.45) is 5.73 Å². The van der Waals surface area contributed by atoms with Gasteiger partial charge in [-0.15, -0.1) is 0 Å². The highest BCUT2D eigenvalue weighted by atomic mass is 35.5. The van der Waals surface area contributed by atoms with Crippen molar-refractivity contribution < 1.29 is 48.8 Å². The predicted octanol–water partition coefficient (Wildman–Crippen LogP) is 1.45. The normalized spacial score (nSPS) is 11.2. The Morgan fingerprint density at radius 3 is 1.78 bits per heavy atom. The van der Waals surface area contributed by atoms with E-state index in [1.165, 1.54) is 33.1 Å². The minimum absolute atomic E-state index is 0.0818. The van der Waals surface area contributed by atoms with Crippen LogP contribution in [0.4, 0.5) is 4.79 Å². The third-order valence-corrected chi connectivity index (χ3v) is 3.74. The average molecular weight is 497 g/mol. The van der Waals surface area contributed by atoms with Crippen LogP contribution in [0.5, 0.6) is 0 Å². The van der Waals surface area contributed by atoms with E-state index in [1.54, 1.807) is 6.07 Å². The SMILES string of the molecule is CC(=O)C(=O)c1c(Cl)cccc1Cl.COC(=O)N[C@@H](C)C(=O)O.N[C@@H](CC(=O)O)C(=O)O. The first-order chi connectivity index (χ1) is 14.6. The fourth-order valence-electron chi connectivity index (χ4n) is 1.46. The molecule has 0 aliphatic carbocycles. The number of ether oxygens (including phenoxy) is 1. The van der Waals surface area contributed by atoms with Gasteiger partial charge in [-0.3, -0.25) is 24.0 Å². The number of aliphatic carboxylic acids is 3. The number of hydrogen-bond donors (Lipinski definition) is 5. The number of Topliss-reactive ketones (excluding diaryl/α,β-unsaturated/α-hetero) is 2. The Kier molecular flexibility index (Phi) is 15.1. The fourth-order valence-corrected chi connectivity index (χ4v) is 2.03. The first-order valence-electron chi connectivity index (χ1n) is 8.42. The van der Waals surface area contributed by atoms with Crippen LogP contribution >= 0.6 is 23.2 Å². The summed E-state index contributed by atoms with van der Waals surface area (Å²) in [5, 5.41) is 26.8. The molecule has 0 saturated carbocycles. The third-order valence-electron chi connectivity index (χ3n) is 3.11. The monoisotopic (exact) mass is 496 g/mol. The summed E-state index contributed by atoms with van der Waals surface area (Å²) in [6.45, 7) is 2.53. The van der Waals surface area contributed by atoms with Gasteiger partial charge in [0.1, 0.15) is 12.1 Å². The molecule has 6 N–H and O–H groups in total. The van der Waals surface area contributed by atoms with Crippen molar-refractivity contribution in [3.05, 3.63) is 33.8 Å². The lowest BCUT2D eigenvalue weighted by atomic mass is 10.1. The maximum Gasteiger partial charge on any atom is 0.407 e. The van der Waals surface area contributed by atoms with Crippen LogP contribution in [0.2, 0.25) is 10.0 Å². The van der Waals surface area contributed by atoms with Gasteiger partial charge in [0.15, 0.2) is 5.78 Å². The summed E-state index contributed by atoms with van der Waals surface area (Å²) >= 11 is 11.4. The summed E-state index contributed by atoms with van der Waals surface area (Å²) < 4.78 is 4.16. The lowest BCUT2D eigenvalue weighted by Gasteiger charge is -2.06. The van der Waals surface area contributed by atoms with Gasteiger partial charge in [-0.05, 0) is 19.1 Å². The Morgan fingerprint density at radius 2 is 1.50 bits per heavy atom. The molecule has 32 heavy (non-hydrogen) atoms. The highest BCUT2D eigenvalue weighted by Gasteiger charge is 2.18. The molecule has 178 valence electrons. The van der Waals surface area contributed by atoms with Gasteiger partial charge < -0.3 is 31.1 Å². The molecule has 2 atom stereocenters. The molecule has 14 heteroatoms. The van der Waals surface area contributed by atoms with Gasteiger partial charge >= 0.3 is 24.0 Å². The molecule has 1 rings (SSSR count). The molecule has 0 bridgehead atoms. The number of carboxylic acids is 3. The number of halogens is 2. The number of amides is 1. The van der Waals surface area contributed by atoms with E-state index >= 15 is 0 Å². The van der Waals surface area contributed by atoms with E-state index in [0.717, 1.165) is 0 Å². The van der Waals surface area contributed by atoms with Crippen molar-refractivity contribution in [3.8, 4) is 0 Å². The lowest BCUT2D eigenvalue weighted by molar-refractivity contribution is -0.144. The molecule has 0 aliphatic rings. The van der Waals surface area contributed by atoms with Gasteiger partial charge in [0, 0.05) is 6.92 Å². The van der Waals surface area contributed by atoms with Crippen molar-refractivity contribution in [3.63, 3.8) is 0 Å². The molecule has 1 aromatic rings. The number of methoxy groups -OCH3 is 1. The first kappa shape index (κ1) is 31.0. The Labute approximate surface area is 192 Å². The Balaban J connectivity index is 0. The molecular weight excluding hydrogens is 475 g/mol. The van der Waals surface area contributed by atoms with Crippen LogP contribution in [-0.2, 0) is 23.9 Å². The van der Waals surface area contributed by atoms with Gasteiger partial charge in [-0.2, -0.15) is 0 Å². The van der Waals surface area contributed by atoms with Gasteiger partial charge in [0.25, 0.3) is 0 Å². The zero-order valence-corrected chi connectivity index (χ0v) is 18.6. The van der Waals surface area contributed by atoms with Crippen LogP contribution in [0.15, 0.2) is 18.2 Å². The number of nitrogens with one attached hydrogen (secondary N) is 1. The molecule has 0 fully saturated rings. The number of carboxylic acid groups (broad SMARTS) is 3. The van der Waals surface area contributed by atoms with E-state index in [2.05, 4.69) is 10.1 Å². The molecule has 0 unspecified atom stereocenters. The van der Waals surface area contributed by atoms with Gasteiger partial charge in [0.2, 0.25) is 5.78 Å². The topological polar surface area (TPSA) is 210 Å². The van der Waals surface area contributed by atoms with Crippen LogP contribution < -0.4 is 11.1 Å². The van der Waals surface area contributed by atoms with E-state index in [4.69, 9.17) is 44.3 Å². The molecule has 0 heterocycles. The maximum absolute atomic E-state index is 11.3. The molecule has 0 aliphatic heterocycles. The minimum Gasteiger partial charge on any atom is -0.481 e. The van der Waals surface area contributed by atoms with Crippen LogP contribution in [0.25, 0.3) is 0 Å². The average Bonchev–Trinajstić information content (AvgIpc) is 2.67. The number of ketones is 2. The van der Waals surface area contributed by atoms with Crippen LogP contribution in [0, 0.1) is 0 Å².